The second-order valence-electron chi connectivity index (χ2n) is 2.29. The van der Waals surface area contributed by atoms with Gasteiger partial charge in [-0.2, -0.15) is 0 Å². The summed E-state index contributed by atoms with van der Waals surface area (Å²) < 4.78 is 4.85. The van der Waals surface area contributed by atoms with Crippen LogP contribution in [0.5, 0.6) is 0 Å². The summed E-state index contributed by atoms with van der Waals surface area (Å²) in [6.45, 7) is 5.67. The standard InChI is InChI=1S/C7H14O2.ClH/c1-4-5-7(8)9-6(2)3;/h6H,4-5H2,1-3H3;1H. The summed E-state index contributed by atoms with van der Waals surface area (Å²) in [5.74, 6) is -0.0903. The summed E-state index contributed by atoms with van der Waals surface area (Å²) in [6.07, 6.45) is 1.44. The van der Waals surface area contributed by atoms with Crippen LogP contribution < -0.4 is 0 Å². The Bertz CT molecular complexity index is 91.6. The second kappa shape index (κ2) is 6.87. The molecule has 3 heteroatoms. The molecule has 62 valence electrons. The van der Waals surface area contributed by atoms with Crippen LogP contribution in [0.4, 0.5) is 0 Å². The van der Waals surface area contributed by atoms with Gasteiger partial charge in [0.1, 0.15) is 0 Å². The van der Waals surface area contributed by atoms with E-state index in [0.717, 1.165) is 6.42 Å². The molecule has 0 aromatic heterocycles. The van der Waals surface area contributed by atoms with E-state index in [1.807, 2.05) is 20.8 Å². The molecule has 0 aliphatic rings. The molecule has 0 rings (SSSR count). The normalized spacial score (nSPS) is 8.80. The van der Waals surface area contributed by atoms with Gasteiger partial charge in [-0.15, -0.1) is 12.4 Å². The fourth-order valence-electron chi connectivity index (χ4n) is 0.526. The molecule has 0 bridgehead atoms. The Hall–Kier alpha value is -0.240. The average molecular weight is 167 g/mol. The Morgan fingerprint density at radius 2 is 2.00 bits per heavy atom. The molecule has 0 amide bonds. The van der Waals surface area contributed by atoms with Crippen LogP contribution in [0.2, 0.25) is 0 Å². The number of carbonyl (C=O) groups is 1. The number of hydrogen-bond donors (Lipinski definition) is 0. The predicted molar refractivity (Wildman–Crippen MR) is 43.4 cm³/mol. The van der Waals surface area contributed by atoms with Crippen LogP contribution in [0.3, 0.4) is 0 Å². The lowest BCUT2D eigenvalue weighted by Gasteiger charge is -2.05. The van der Waals surface area contributed by atoms with E-state index < -0.39 is 0 Å². The zero-order valence-corrected chi connectivity index (χ0v) is 7.53. The third-order valence-corrected chi connectivity index (χ3v) is 0.821. The number of rotatable bonds is 3. The summed E-state index contributed by atoms with van der Waals surface area (Å²) >= 11 is 0. The number of hydrogen-bond acceptors (Lipinski definition) is 2. The molecular formula is C7H15ClO2. The molecule has 0 unspecified atom stereocenters. The Kier molecular flexibility index (Phi) is 8.55. The molecule has 0 saturated heterocycles. The highest BCUT2D eigenvalue weighted by Gasteiger charge is 2.01. The molecule has 10 heavy (non-hydrogen) atoms. The van der Waals surface area contributed by atoms with Crippen molar-refractivity contribution in [2.45, 2.75) is 39.7 Å². The van der Waals surface area contributed by atoms with Crippen molar-refractivity contribution >= 4 is 18.4 Å². The second-order valence-corrected chi connectivity index (χ2v) is 2.29. The topological polar surface area (TPSA) is 26.3 Å². The van der Waals surface area contributed by atoms with Crippen LogP contribution in [-0.4, -0.2) is 12.1 Å². The van der Waals surface area contributed by atoms with Crippen molar-refractivity contribution in [3.05, 3.63) is 0 Å². The van der Waals surface area contributed by atoms with Crippen molar-refractivity contribution < 1.29 is 9.53 Å². The SMILES string of the molecule is CCCC(=O)OC(C)C.Cl. The van der Waals surface area contributed by atoms with E-state index >= 15 is 0 Å². The van der Waals surface area contributed by atoms with Crippen LogP contribution >= 0.6 is 12.4 Å². The maximum Gasteiger partial charge on any atom is 0.306 e. The van der Waals surface area contributed by atoms with E-state index in [0.29, 0.717) is 6.42 Å². The van der Waals surface area contributed by atoms with E-state index in [-0.39, 0.29) is 24.5 Å². The Morgan fingerprint density at radius 1 is 1.50 bits per heavy atom. The fraction of sp³-hybridized carbons (Fsp3) is 0.857. The van der Waals surface area contributed by atoms with Crippen molar-refractivity contribution in [1.29, 1.82) is 0 Å². The Labute approximate surface area is 68.4 Å². The molecule has 0 atom stereocenters. The van der Waals surface area contributed by atoms with Crippen molar-refractivity contribution in [3.8, 4) is 0 Å². The van der Waals surface area contributed by atoms with Crippen LogP contribution in [0.1, 0.15) is 33.6 Å². The van der Waals surface area contributed by atoms with Crippen molar-refractivity contribution in [3.63, 3.8) is 0 Å². The monoisotopic (exact) mass is 166 g/mol. The quantitative estimate of drug-likeness (QED) is 0.601. The Balaban J connectivity index is 0. The number of halogens is 1. The van der Waals surface area contributed by atoms with Gasteiger partial charge in [-0.1, -0.05) is 6.92 Å². The van der Waals surface area contributed by atoms with Gasteiger partial charge in [0.2, 0.25) is 0 Å². The molecule has 0 aliphatic carbocycles. The lowest BCUT2D eigenvalue weighted by molar-refractivity contribution is -0.147. The minimum absolute atomic E-state index is 0. The van der Waals surface area contributed by atoms with E-state index in [9.17, 15) is 4.79 Å². The van der Waals surface area contributed by atoms with Gasteiger partial charge in [0.15, 0.2) is 0 Å². The zero-order valence-electron chi connectivity index (χ0n) is 6.72. The molecule has 0 aliphatic heterocycles. The van der Waals surface area contributed by atoms with E-state index in [4.69, 9.17) is 4.74 Å². The lowest BCUT2D eigenvalue weighted by atomic mass is 10.3. The number of carbonyl (C=O) groups excluding carboxylic acids is 1. The van der Waals surface area contributed by atoms with Gasteiger partial charge in [-0.05, 0) is 20.3 Å². The van der Waals surface area contributed by atoms with E-state index in [1.54, 1.807) is 0 Å². The first kappa shape index (κ1) is 12.4. The summed E-state index contributed by atoms with van der Waals surface area (Å²) in [7, 11) is 0. The summed E-state index contributed by atoms with van der Waals surface area (Å²) in [5, 5.41) is 0. The molecule has 0 heterocycles. The third kappa shape index (κ3) is 7.76. The van der Waals surface area contributed by atoms with Crippen LogP contribution in [-0.2, 0) is 9.53 Å². The van der Waals surface area contributed by atoms with Crippen LogP contribution in [0.25, 0.3) is 0 Å². The highest BCUT2D eigenvalue weighted by atomic mass is 35.5. The average Bonchev–Trinajstić information content (AvgIpc) is 1.63. The minimum atomic E-state index is -0.0903. The maximum absolute atomic E-state index is 10.6. The summed E-state index contributed by atoms with van der Waals surface area (Å²) in [4.78, 5) is 10.6. The van der Waals surface area contributed by atoms with Gasteiger partial charge >= 0.3 is 5.97 Å². The summed E-state index contributed by atoms with van der Waals surface area (Å²) in [6, 6.07) is 0. The molecular weight excluding hydrogens is 152 g/mol. The van der Waals surface area contributed by atoms with Crippen molar-refractivity contribution in [2.75, 3.05) is 0 Å². The first-order chi connectivity index (χ1) is 4.16. The third-order valence-electron chi connectivity index (χ3n) is 0.821. The van der Waals surface area contributed by atoms with E-state index in [1.165, 1.54) is 0 Å². The van der Waals surface area contributed by atoms with Gasteiger partial charge in [-0.3, -0.25) is 4.79 Å². The van der Waals surface area contributed by atoms with Crippen molar-refractivity contribution in [2.24, 2.45) is 0 Å². The fourth-order valence-corrected chi connectivity index (χ4v) is 0.526. The molecule has 2 nitrogen and oxygen atoms in total. The number of esters is 1. The smallest absolute Gasteiger partial charge is 0.306 e. The van der Waals surface area contributed by atoms with E-state index in [2.05, 4.69) is 0 Å². The first-order valence-electron chi connectivity index (χ1n) is 3.36. The van der Waals surface area contributed by atoms with Gasteiger partial charge < -0.3 is 4.74 Å². The van der Waals surface area contributed by atoms with Gasteiger partial charge in [0.25, 0.3) is 0 Å². The molecule has 0 N–H and O–H groups in total. The predicted octanol–water partition coefficient (Wildman–Crippen LogP) is 2.16. The highest BCUT2D eigenvalue weighted by Crippen LogP contribution is 1.94. The molecule has 0 aromatic carbocycles. The van der Waals surface area contributed by atoms with Gasteiger partial charge in [0.05, 0.1) is 6.10 Å². The molecule has 0 spiro atoms. The molecule has 0 aromatic rings. The largest absolute Gasteiger partial charge is 0.463 e. The van der Waals surface area contributed by atoms with Gasteiger partial charge in [-0.25, -0.2) is 0 Å². The zero-order chi connectivity index (χ0) is 7.28. The lowest BCUT2D eigenvalue weighted by Crippen LogP contribution is -2.10. The summed E-state index contributed by atoms with van der Waals surface area (Å²) in [5.41, 5.74) is 0. The molecule has 0 saturated carbocycles. The van der Waals surface area contributed by atoms with Crippen LogP contribution in [0.15, 0.2) is 0 Å². The van der Waals surface area contributed by atoms with Gasteiger partial charge in [0, 0.05) is 6.42 Å². The van der Waals surface area contributed by atoms with Crippen LogP contribution in [0, 0.1) is 0 Å². The minimum Gasteiger partial charge on any atom is -0.463 e. The molecule has 0 radical (unpaired) electrons. The number of ether oxygens (including phenoxy) is 1. The molecule has 0 fully saturated rings. The highest BCUT2D eigenvalue weighted by molar-refractivity contribution is 5.85. The first-order valence-corrected chi connectivity index (χ1v) is 3.36. The Morgan fingerprint density at radius 3 is 2.30 bits per heavy atom. The maximum atomic E-state index is 10.6. The van der Waals surface area contributed by atoms with Crippen molar-refractivity contribution in [1.82, 2.24) is 0 Å².